The first-order valence-electron chi connectivity index (χ1n) is 5.73. The molecule has 4 nitrogen and oxygen atoms in total. The fourth-order valence-electron chi connectivity index (χ4n) is 1.34. The molecule has 1 N–H and O–H groups in total. The maximum absolute atomic E-state index is 11.1. The molecular weight excluding hydrogens is 224 g/mol. The Labute approximate surface area is 101 Å². The van der Waals surface area contributed by atoms with Crippen LogP contribution in [0, 0.1) is 5.92 Å². The smallest absolute Gasteiger partial charge is 0.307 e. The molecule has 1 rings (SSSR count). The number of hydrogen-bond acceptors (Lipinski definition) is 4. The second-order valence-corrected chi connectivity index (χ2v) is 5.06. The highest BCUT2D eigenvalue weighted by molar-refractivity contribution is 8.14. The van der Waals surface area contributed by atoms with E-state index in [1.54, 1.807) is 11.8 Å². The number of hydrogen-bond donors (Lipinski definition) is 1. The zero-order valence-corrected chi connectivity index (χ0v) is 11.0. The van der Waals surface area contributed by atoms with Crippen molar-refractivity contribution in [3.8, 4) is 0 Å². The van der Waals surface area contributed by atoms with Gasteiger partial charge in [0.2, 0.25) is 0 Å². The molecule has 0 aromatic rings. The van der Waals surface area contributed by atoms with Crippen LogP contribution in [0.2, 0.25) is 0 Å². The van der Waals surface area contributed by atoms with Gasteiger partial charge in [-0.25, -0.2) is 0 Å². The zero-order valence-electron chi connectivity index (χ0n) is 10.2. The van der Waals surface area contributed by atoms with Crippen LogP contribution < -0.4 is 5.32 Å². The SMILES string of the molecule is CCOC(=O)CCN=C1N[C@@H](C(C)C)CS1. The molecule has 5 heteroatoms. The van der Waals surface area contributed by atoms with E-state index in [-0.39, 0.29) is 5.97 Å². The van der Waals surface area contributed by atoms with Crippen molar-refractivity contribution in [3.05, 3.63) is 0 Å². The molecule has 1 atom stereocenters. The highest BCUT2D eigenvalue weighted by atomic mass is 32.2. The number of rotatable bonds is 5. The van der Waals surface area contributed by atoms with Crippen LogP contribution in [0.1, 0.15) is 27.2 Å². The second kappa shape index (κ2) is 6.78. The first kappa shape index (κ1) is 13.4. The Morgan fingerprint density at radius 2 is 2.44 bits per heavy atom. The van der Waals surface area contributed by atoms with Crippen LogP contribution in [-0.4, -0.2) is 36.1 Å². The fraction of sp³-hybridized carbons (Fsp3) is 0.818. The van der Waals surface area contributed by atoms with Crippen molar-refractivity contribution in [2.45, 2.75) is 33.2 Å². The zero-order chi connectivity index (χ0) is 12.0. The Bertz CT molecular complexity index is 267. The van der Waals surface area contributed by atoms with Crippen molar-refractivity contribution in [3.63, 3.8) is 0 Å². The summed E-state index contributed by atoms with van der Waals surface area (Å²) >= 11 is 1.73. The van der Waals surface area contributed by atoms with Crippen molar-refractivity contribution >= 4 is 22.9 Å². The minimum Gasteiger partial charge on any atom is -0.466 e. The van der Waals surface area contributed by atoms with E-state index in [1.165, 1.54) is 0 Å². The topological polar surface area (TPSA) is 50.7 Å². The quantitative estimate of drug-likeness (QED) is 0.747. The van der Waals surface area contributed by atoms with Crippen molar-refractivity contribution in [1.82, 2.24) is 5.32 Å². The maximum Gasteiger partial charge on any atom is 0.307 e. The van der Waals surface area contributed by atoms with E-state index in [9.17, 15) is 4.79 Å². The summed E-state index contributed by atoms with van der Waals surface area (Å²) in [6, 6.07) is 0.506. The predicted molar refractivity (Wildman–Crippen MR) is 67.8 cm³/mol. The van der Waals surface area contributed by atoms with Crippen LogP contribution in [0.5, 0.6) is 0 Å². The van der Waals surface area contributed by atoms with E-state index < -0.39 is 0 Å². The van der Waals surface area contributed by atoms with Crippen LogP contribution in [0.15, 0.2) is 4.99 Å². The monoisotopic (exact) mass is 244 g/mol. The third-order valence-electron chi connectivity index (χ3n) is 2.39. The van der Waals surface area contributed by atoms with Crippen LogP contribution in [0.25, 0.3) is 0 Å². The summed E-state index contributed by atoms with van der Waals surface area (Å²) in [7, 11) is 0. The molecule has 0 aliphatic carbocycles. The highest BCUT2D eigenvalue weighted by Crippen LogP contribution is 2.18. The molecule has 0 unspecified atom stereocenters. The molecule has 0 spiro atoms. The normalized spacial score (nSPS) is 22.5. The van der Waals surface area contributed by atoms with E-state index in [2.05, 4.69) is 24.2 Å². The Morgan fingerprint density at radius 3 is 3.00 bits per heavy atom. The van der Waals surface area contributed by atoms with Gasteiger partial charge in [-0.3, -0.25) is 9.79 Å². The summed E-state index contributed by atoms with van der Waals surface area (Å²) in [6.07, 6.45) is 0.367. The molecule has 0 radical (unpaired) electrons. The van der Waals surface area contributed by atoms with E-state index in [4.69, 9.17) is 4.74 Å². The lowest BCUT2D eigenvalue weighted by Gasteiger charge is -2.12. The van der Waals surface area contributed by atoms with Gasteiger partial charge in [0, 0.05) is 11.8 Å². The lowest BCUT2D eigenvalue weighted by molar-refractivity contribution is -0.142. The minimum absolute atomic E-state index is 0.171. The number of esters is 1. The number of aliphatic imine (C=N–C) groups is 1. The number of carbonyl (C=O) groups is 1. The average Bonchev–Trinajstić information content (AvgIpc) is 2.67. The van der Waals surface area contributed by atoms with Crippen LogP contribution in [0.3, 0.4) is 0 Å². The number of ether oxygens (including phenoxy) is 1. The first-order valence-corrected chi connectivity index (χ1v) is 6.71. The third-order valence-corrected chi connectivity index (χ3v) is 3.44. The van der Waals surface area contributed by atoms with Gasteiger partial charge in [-0.2, -0.15) is 0 Å². The maximum atomic E-state index is 11.1. The Hall–Kier alpha value is -0.710. The molecule has 1 saturated heterocycles. The largest absolute Gasteiger partial charge is 0.466 e. The van der Waals surface area contributed by atoms with Gasteiger partial charge in [-0.15, -0.1) is 0 Å². The Balaban J connectivity index is 2.24. The van der Waals surface area contributed by atoms with Crippen molar-refractivity contribution in [2.24, 2.45) is 10.9 Å². The Morgan fingerprint density at radius 1 is 1.69 bits per heavy atom. The third kappa shape index (κ3) is 4.43. The lowest BCUT2D eigenvalue weighted by atomic mass is 10.1. The molecule has 0 aromatic heterocycles. The summed E-state index contributed by atoms with van der Waals surface area (Å²) in [5.41, 5.74) is 0. The molecule has 0 aromatic carbocycles. The van der Waals surface area contributed by atoms with Crippen LogP contribution in [-0.2, 0) is 9.53 Å². The highest BCUT2D eigenvalue weighted by Gasteiger charge is 2.22. The van der Waals surface area contributed by atoms with Crippen molar-refractivity contribution in [1.29, 1.82) is 0 Å². The van der Waals surface area contributed by atoms with E-state index in [1.807, 2.05) is 6.92 Å². The number of nitrogens with zero attached hydrogens (tertiary/aromatic N) is 1. The Kier molecular flexibility index (Phi) is 5.66. The molecule has 0 saturated carbocycles. The predicted octanol–water partition coefficient (Wildman–Crippen LogP) is 1.66. The van der Waals surface area contributed by atoms with Gasteiger partial charge in [0.05, 0.1) is 19.6 Å². The summed E-state index contributed by atoms with van der Waals surface area (Å²) in [5.74, 6) is 1.51. The molecular formula is C11H20N2O2S. The summed E-state index contributed by atoms with van der Waals surface area (Å²) in [6.45, 7) is 7.15. The average molecular weight is 244 g/mol. The molecule has 0 bridgehead atoms. The summed E-state index contributed by atoms with van der Waals surface area (Å²) in [4.78, 5) is 15.4. The molecule has 1 aliphatic rings. The molecule has 92 valence electrons. The van der Waals surface area contributed by atoms with Crippen LogP contribution in [0.4, 0.5) is 0 Å². The van der Waals surface area contributed by atoms with Gasteiger partial charge in [-0.05, 0) is 12.8 Å². The summed E-state index contributed by atoms with van der Waals surface area (Å²) in [5, 5.41) is 4.32. The van der Waals surface area contributed by atoms with Gasteiger partial charge in [0.25, 0.3) is 0 Å². The van der Waals surface area contributed by atoms with Crippen LogP contribution >= 0.6 is 11.8 Å². The van der Waals surface area contributed by atoms with Gasteiger partial charge in [0.1, 0.15) is 0 Å². The van der Waals surface area contributed by atoms with Crippen molar-refractivity contribution in [2.75, 3.05) is 18.9 Å². The molecule has 1 fully saturated rings. The number of amidine groups is 1. The molecule has 1 heterocycles. The summed E-state index contributed by atoms with van der Waals surface area (Å²) < 4.78 is 4.83. The fourth-order valence-corrected chi connectivity index (χ4v) is 2.57. The van der Waals surface area contributed by atoms with E-state index in [0.717, 1.165) is 10.9 Å². The van der Waals surface area contributed by atoms with E-state index >= 15 is 0 Å². The first-order chi connectivity index (χ1) is 7.63. The molecule has 16 heavy (non-hydrogen) atoms. The lowest BCUT2D eigenvalue weighted by Crippen LogP contribution is -2.31. The van der Waals surface area contributed by atoms with Gasteiger partial charge in [-0.1, -0.05) is 25.6 Å². The number of nitrogens with one attached hydrogen (secondary N) is 1. The van der Waals surface area contributed by atoms with E-state index in [0.29, 0.717) is 31.5 Å². The van der Waals surface area contributed by atoms with Crippen molar-refractivity contribution < 1.29 is 9.53 Å². The standard InChI is InChI=1S/C11H20N2O2S/c1-4-15-10(14)5-6-12-11-13-9(7-16-11)8(2)3/h8-9H,4-7H2,1-3H3,(H,12,13)/t9-/m1/s1. The number of carbonyl (C=O) groups excluding carboxylic acids is 1. The number of thioether (sulfide) groups is 1. The van der Waals surface area contributed by atoms with Gasteiger partial charge < -0.3 is 10.1 Å². The van der Waals surface area contributed by atoms with Gasteiger partial charge in [0.15, 0.2) is 5.17 Å². The molecule has 1 aliphatic heterocycles. The molecule has 0 amide bonds. The minimum atomic E-state index is -0.171. The van der Waals surface area contributed by atoms with Gasteiger partial charge >= 0.3 is 5.97 Å². The second-order valence-electron chi connectivity index (χ2n) is 4.05.